The van der Waals surface area contributed by atoms with Crippen molar-refractivity contribution in [3.05, 3.63) is 53.5 Å². The second-order valence-electron chi connectivity index (χ2n) is 7.90. The lowest BCUT2D eigenvalue weighted by molar-refractivity contribution is -0.136. The van der Waals surface area contributed by atoms with Crippen molar-refractivity contribution in [2.45, 2.75) is 25.6 Å². The van der Waals surface area contributed by atoms with Gasteiger partial charge in [0.25, 0.3) is 5.91 Å². The molecule has 1 fully saturated rings. The largest absolute Gasteiger partial charge is 0.455 e. The molecule has 3 heterocycles. The lowest BCUT2D eigenvalue weighted by atomic mass is 10.1. The molecule has 4 N–H and O–H groups in total. The number of hydrogen-bond acceptors (Lipinski definition) is 5. The minimum Gasteiger partial charge on any atom is -0.455 e. The van der Waals surface area contributed by atoms with Gasteiger partial charge in [-0.15, -0.1) is 0 Å². The lowest BCUT2D eigenvalue weighted by Crippen LogP contribution is -2.38. The van der Waals surface area contributed by atoms with Gasteiger partial charge in [0.1, 0.15) is 11.4 Å². The van der Waals surface area contributed by atoms with Crippen molar-refractivity contribution in [2.75, 3.05) is 20.1 Å². The molecule has 1 aliphatic rings. The summed E-state index contributed by atoms with van der Waals surface area (Å²) in [4.78, 5) is 22.7. The number of nitrogens with two attached hydrogens (primary N) is 1. The number of benzene rings is 1. The van der Waals surface area contributed by atoms with E-state index in [9.17, 15) is 18.0 Å². The van der Waals surface area contributed by atoms with E-state index in [0.717, 1.165) is 48.7 Å². The molecule has 1 aromatic carbocycles. The van der Waals surface area contributed by atoms with E-state index in [-0.39, 0.29) is 22.3 Å². The fourth-order valence-corrected chi connectivity index (χ4v) is 3.83. The number of pyridine rings is 1. The van der Waals surface area contributed by atoms with E-state index < -0.39 is 23.6 Å². The van der Waals surface area contributed by atoms with Gasteiger partial charge in [0, 0.05) is 31.2 Å². The molecule has 3 aromatic rings. The van der Waals surface area contributed by atoms with Crippen molar-refractivity contribution in [1.82, 2.24) is 19.8 Å². The zero-order valence-corrected chi connectivity index (χ0v) is 17.9. The number of ether oxygens (including phenoxy) is 1. The smallest absolute Gasteiger partial charge is 0.417 e. The van der Waals surface area contributed by atoms with Crippen molar-refractivity contribution >= 4 is 22.8 Å². The summed E-state index contributed by atoms with van der Waals surface area (Å²) in [5, 5.41) is 7.19. The van der Waals surface area contributed by atoms with Crippen LogP contribution in [0.5, 0.6) is 11.5 Å². The standard InChI is InChI=1S/C22H23F3N6O2/c1-30(21(26)27)20(32)17-11-15-16(22(23,24)25)4-5-18(19(15)29-17)33-14-6-7-28-13(10-14)12-31-8-2-3-9-31/h4-7,10-11,29H,2-3,8-9,12H2,1H3,(H3,26,27). The number of H-pyrrole nitrogens is 1. The highest BCUT2D eigenvalue weighted by Gasteiger charge is 2.34. The Labute approximate surface area is 187 Å². The highest BCUT2D eigenvalue weighted by Crippen LogP contribution is 2.40. The van der Waals surface area contributed by atoms with Crippen LogP contribution in [0.2, 0.25) is 0 Å². The Bertz CT molecular complexity index is 1200. The van der Waals surface area contributed by atoms with E-state index in [1.165, 1.54) is 13.1 Å². The van der Waals surface area contributed by atoms with Gasteiger partial charge in [-0.25, -0.2) is 0 Å². The number of nitrogens with one attached hydrogen (secondary N) is 2. The molecule has 0 saturated carbocycles. The zero-order chi connectivity index (χ0) is 23.8. The quantitative estimate of drug-likeness (QED) is 0.395. The first-order chi connectivity index (χ1) is 15.6. The number of nitrogens with zero attached hydrogens (tertiary/aromatic N) is 3. The molecule has 1 amide bonds. The number of guanidine groups is 1. The molecular weight excluding hydrogens is 437 g/mol. The molecule has 0 unspecified atom stereocenters. The third kappa shape index (κ3) is 4.77. The highest BCUT2D eigenvalue weighted by atomic mass is 19.4. The van der Waals surface area contributed by atoms with Gasteiger partial charge in [-0.2, -0.15) is 13.2 Å². The number of likely N-dealkylation sites (tertiary alicyclic amines) is 1. The number of amides is 1. The Balaban J connectivity index is 1.70. The number of aromatic nitrogens is 2. The Kier molecular flexibility index (Phi) is 5.98. The van der Waals surface area contributed by atoms with Gasteiger partial charge < -0.3 is 15.5 Å². The summed E-state index contributed by atoms with van der Waals surface area (Å²) in [5.74, 6) is -0.729. The van der Waals surface area contributed by atoms with Gasteiger partial charge >= 0.3 is 6.18 Å². The molecule has 4 rings (SSSR count). The maximum absolute atomic E-state index is 13.6. The fourth-order valence-electron chi connectivity index (χ4n) is 3.83. The summed E-state index contributed by atoms with van der Waals surface area (Å²) >= 11 is 0. The number of alkyl halides is 3. The molecule has 0 radical (unpaired) electrons. The molecule has 8 nitrogen and oxygen atoms in total. The van der Waals surface area contributed by atoms with Crippen LogP contribution in [0.4, 0.5) is 13.2 Å². The average molecular weight is 460 g/mol. The zero-order valence-electron chi connectivity index (χ0n) is 17.9. The van der Waals surface area contributed by atoms with Crippen LogP contribution in [0, 0.1) is 5.41 Å². The predicted molar refractivity (Wildman–Crippen MR) is 116 cm³/mol. The molecule has 174 valence electrons. The number of halogens is 3. The third-order valence-corrected chi connectivity index (χ3v) is 5.56. The molecule has 11 heteroatoms. The van der Waals surface area contributed by atoms with Crippen LogP contribution in [-0.4, -0.2) is 51.8 Å². The van der Waals surface area contributed by atoms with Gasteiger partial charge in [-0.3, -0.25) is 25.0 Å². The average Bonchev–Trinajstić information content (AvgIpc) is 3.42. The van der Waals surface area contributed by atoms with Gasteiger partial charge in [0.2, 0.25) is 0 Å². The number of hydrogen-bond donors (Lipinski definition) is 3. The Morgan fingerprint density at radius 2 is 2.00 bits per heavy atom. The molecule has 1 aliphatic heterocycles. The van der Waals surface area contributed by atoms with E-state index in [1.54, 1.807) is 18.3 Å². The minimum atomic E-state index is -4.63. The molecule has 2 aromatic heterocycles. The summed E-state index contributed by atoms with van der Waals surface area (Å²) in [6.07, 6.45) is -0.752. The molecule has 33 heavy (non-hydrogen) atoms. The number of fused-ring (bicyclic) bond motifs is 1. The second-order valence-corrected chi connectivity index (χ2v) is 7.90. The first-order valence-electron chi connectivity index (χ1n) is 10.3. The normalized spacial score (nSPS) is 14.5. The van der Waals surface area contributed by atoms with Crippen LogP contribution in [0.25, 0.3) is 10.9 Å². The summed E-state index contributed by atoms with van der Waals surface area (Å²) in [5.41, 5.74) is 5.09. The second kappa shape index (κ2) is 8.74. The molecule has 0 bridgehead atoms. The van der Waals surface area contributed by atoms with Gasteiger partial charge in [-0.05, 0) is 50.2 Å². The van der Waals surface area contributed by atoms with Crippen LogP contribution in [0.15, 0.2) is 36.5 Å². The van der Waals surface area contributed by atoms with Crippen LogP contribution in [-0.2, 0) is 12.7 Å². The summed E-state index contributed by atoms with van der Waals surface area (Å²) in [6, 6.07) is 6.60. The maximum atomic E-state index is 13.6. The minimum absolute atomic E-state index is 0.0167. The molecule has 0 spiro atoms. The van der Waals surface area contributed by atoms with Crippen molar-refractivity contribution < 1.29 is 22.7 Å². The van der Waals surface area contributed by atoms with Crippen molar-refractivity contribution in [1.29, 1.82) is 5.41 Å². The summed E-state index contributed by atoms with van der Waals surface area (Å²) in [7, 11) is 1.26. The highest BCUT2D eigenvalue weighted by molar-refractivity contribution is 6.06. The van der Waals surface area contributed by atoms with E-state index in [0.29, 0.717) is 12.3 Å². The molecule has 0 atom stereocenters. The first kappa shape index (κ1) is 22.6. The van der Waals surface area contributed by atoms with Crippen LogP contribution < -0.4 is 10.5 Å². The topological polar surface area (TPSA) is 111 Å². The third-order valence-electron chi connectivity index (χ3n) is 5.56. The monoisotopic (exact) mass is 460 g/mol. The summed E-state index contributed by atoms with van der Waals surface area (Å²) in [6.45, 7) is 2.67. The lowest BCUT2D eigenvalue weighted by Gasteiger charge is -2.15. The Morgan fingerprint density at radius 3 is 2.67 bits per heavy atom. The van der Waals surface area contributed by atoms with E-state index in [4.69, 9.17) is 15.9 Å². The Morgan fingerprint density at radius 1 is 1.27 bits per heavy atom. The number of carbonyl (C=O) groups excluding carboxylic acids is 1. The van der Waals surface area contributed by atoms with Crippen molar-refractivity contribution in [3.8, 4) is 11.5 Å². The van der Waals surface area contributed by atoms with E-state index in [1.807, 2.05) is 0 Å². The first-order valence-corrected chi connectivity index (χ1v) is 10.3. The number of rotatable bonds is 5. The maximum Gasteiger partial charge on any atom is 0.417 e. The van der Waals surface area contributed by atoms with Crippen molar-refractivity contribution in [2.24, 2.45) is 5.73 Å². The van der Waals surface area contributed by atoms with Gasteiger partial charge in [0.15, 0.2) is 11.7 Å². The molecule has 0 aliphatic carbocycles. The van der Waals surface area contributed by atoms with E-state index in [2.05, 4.69) is 14.9 Å². The predicted octanol–water partition coefficient (Wildman–Crippen LogP) is 3.94. The van der Waals surface area contributed by atoms with Crippen molar-refractivity contribution in [3.63, 3.8) is 0 Å². The van der Waals surface area contributed by atoms with Crippen LogP contribution in [0.3, 0.4) is 0 Å². The number of carbonyl (C=O) groups is 1. The Hall–Kier alpha value is -3.60. The van der Waals surface area contributed by atoms with Gasteiger partial charge in [0.05, 0.1) is 16.8 Å². The molecular formula is C22H23F3N6O2. The number of aromatic amines is 1. The SMILES string of the molecule is CN(C(=N)N)C(=O)c1cc2c(C(F)(F)F)ccc(Oc3ccnc(CN4CCCC4)c3)c2[nH]1. The van der Waals surface area contributed by atoms with Crippen LogP contribution >= 0.6 is 0 Å². The van der Waals surface area contributed by atoms with Gasteiger partial charge in [-0.1, -0.05) is 0 Å². The van der Waals surface area contributed by atoms with Crippen LogP contribution in [0.1, 0.15) is 34.6 Å². The summed E-state index contributed by atoms with van der Waals surface area (Å²) < 4.78 is 46.7. The molecule has 1 saturated heterocycles. The fraction of sp³-hybridized carbons (Fsp3) is 0.318. The van der Waals surface area contributed by atoms with E-state index >= 15 is 0 Å².